The van der Waals surface area contributed by atoms with E-state index >= 15 is 0 Å². The first kappa shape index (κ1) is 63.4. The molecule has 0 aliphatic rings. The standard InChI is InChI=1S/C60H108O6/c1-4-7-10-13-16-19-22-25-26-27-28-29-30-31-32-33-34-36-38-41-44-47-50-53-59(62)65-56-57(55-64-58(61)52-49-46-43-40-37-24-21-18-15-12-9-6-3)66-60(63)54-51-48-45-42-39-35-23-20-17-14-11-8-5-2/h20,22-23,25,27-28,30-31,57H,4-19,21,24,26,29,32-56H2,1-3H3/b23-20-,25-22-,28-27-,31-30-. The normalized spacial score (nSPS) is 12.3. The first-order valence-electron chi connectivity index (χ1n) is 28.6. The van der Waals surface area contributed by atoms with E-state index in [1.807, 2.05) is 0 Å². The maximum Gasteiger partial charge on any atom is 0.306 e. The number of esters is 3. The molecule has 0 heterocycles. The van der Waals surface area contributed by atoms with Crippen molar-refractivity contribution in [1.82, 2.24) is 0 Å². The van der Waals surface area contributed by atoms with Gasteiger partial charge in [0.05, 0.1) is 0 Å². The molecule has 0 rings (SSSR count). The molecule has 0 aromatic rings. The van der Waals surface area contributed by atoms with Crippen molar-refractivity contribution >= 4 is 17.9 Å². The lowest BCUT2D eigenvalue weighted by Crippen LogP contribution is -2.30. The topological polar surface area (TPSA) is 78.9 Å². The van der Waals surface area contributed by atoms with Crippen LogP contribution >= 0.6 is 0 Å². The molecule has 384 valence electrons. The van der Waals surface area contributed by atoms with E-state index in [2.05, 4.69) is 69.4 Å². The van der Waals surface area contributed by atoms with Crippen molar-refractivity contribution in [3.8, 4) is 0 Å². The van der Waals surface area contributed by atoms with E-state index in [0.717, 1.165) is 89.9 Å². The lowest BCUT2D eigenvalue weighted by Gasteiger charge is -2.18. The van der Waals surface area contributed by atoms with E-state index in [1.54, 1.807) is 0 Å². The smallest absolute Gasteiger partial charge is 0.306 e. The molecule has 0 aliphatic heterocycles. The molecule has 6 nitrogen and oxygen atoms in total. The second-order valence-corrected chi connectivity index (χ2v) is 19.2. The first-order valence-corrected chi connectivity index (χ1v) is 28.6. The number of unbranched alkanes of at least 4 members (excludes halogenated alkanes) is 33. The molecule has 0 bridgehead atoms. The fourth-order valence-corrected chi connectivity index (χ4v) is 8.21. The van der Waals surface area contributed by atoms with Crippen molar-refractivity contribution in [2.75, 3.05) is 13.2 Å². The number of hydrogen-bond donors (Lipinski definition) is 0. The summed E-state index contributed by atoms with van der Waals surface area (Å²) in [6.45, 7) is 6.62. The van der Waals surface area contributed by atoms with E-state index in [9.17, 15) is 14.4 Å². The third-order valence-electron chi connectivity index (χ3n) is 12.6. The van der Waals surface area contributed by atoms with Crippen molar-refractivity contribution in [2.45, 2.75) is 303 Å². The third-order valence-corrected chi connectivity index (χ3v) is 12.6. The molecule has 0 radical (unpaired) electrons. The van der Waals surface area contributed by atoms with Gasteiger partial charge in [-0.2, -0.15) is 0 Å². The average molecular weight is 926 g/mol. The number of carbonyl (C=O) groups excluding carboxylic acids is 3. The molecule has 0 spiro atoms. The Morgan fingerprint density at radius 2 is 0.545 bits per heavy atom. The van der Waals surface area contributed by atoms with Crippen molar-refractivity contribution in [3.63, 3.8) is 0 Å². The number of ether oxygens (including phenoxy) is 3. The highest BCUT2D eigenvalue weighted by molar-refractivity contribution is 5.71. The maximum absolute atomic E-state index is 12.8. The van der Waals surface area contributed by atoms with Gasteiger partial charge in [-0.25, -0.2) is 0 Å². The van der Waals surface area contributed by atoms with Crippen LogP contribution in [0.1, 0.15) is 297 Å². The van der Waals surface area contributed by atoms with Crippen LogP contribution in [-0.4, -0.2) is 37.2 Å². The molecule has 0 aromatic carbocycles. The molecule has 66 heavy (non-hydrogen) atoms. The summed E-state index contributed by atoms with van der Waals surface area (Å²) in [5.41, 5.74) is 0. The van der Waals surface area contributed by atoms with Gasteiger partial charge in [0.15, 0.2) is 6.10 Å². The predicted molar refractivity (Wildman–Crippen MR) is 284 cm³/mol. The van der Waals surface area contributed by atoms with Crippen LogP contribution in [0.25, 0.3) is 0 Å². The second-order valence-electron chi connectivity index (χ2n) is 19.2. The van der Waals surface area contributed by atoms with Gasteiger partial charge in [-0.05, 0) is 83.5 Å². The Morgan fingerprint density at radius 1 is 0.303 bits per heavy atom. The maximum atomic E-state index is 12.8. The molecule has 0 saturated heterocycles. The second kappa shape index (κ2) is 55.0. The number of carbonyl (C=O) groups is 3. The summed E-state index contributed by atoms with van der Waals surface area (Å²) in [5.74, 6) is -0.881. The van der Waals surface area contributed by atoms with Gasteiger partial charge in [0.1, 0.15) is 13.2 Å². The van der Waals surface area contributed by atoms with Crippen LogP contribution < -0.4 is 0 Å². The predicted octanol–water partition coefficient (Wildman–Crippen LogP) is 19.0. The van der Waals surface area contributed by atoms with Gasteiger partial charge in [0.25, 0.3) is 0 Å². The summed E-state index contributed by atoms with van der Waals surface area (Å²) >= 11 is 0. The Bertz CT molecular complexity index is 1150. The molecular formula is C60H108O6. The van der Waals surface area contributed by atoms with Gasteiger partial charge < -0.3 is 14.2 Å². The summed E-state index contributed by atoms with van der Waals surface area (Å²) in [6.07, 6.45) is 66.7. The van der Waals surface area contributed by atoms with Crippen LogP contribution in [0, 0.1) is 0 Å². The van der Waals surface area contributed by atoms with Crippen molar-refractivity contribution < 1.29 is 28.6 Å². The van der Waals surface area contributed by atoms with Crippen LogP contribution in [0.5, 0.6) is 0 Å². The van der Waals surface area contributed by atoms with E-state index in [1.165, 1.54) is 167 Å². The summed E-state index contributed by atoms with van der Waals surface area (Å²) in [6, 6.07) is 0. The van der Waals surface area contributed by atoms with Gasteiger partial charge in [-0.3, -0.25) is 14.4 Å². The number of allylic oxidation sites excluding steroid dienone is 8. The highest BCUT2D eigenvalue weighted by Crippen LogP contribution is 2.15. The fourth-order valence-electron chi connectivity index (χ4n) is 8.21. The molecule has 0 N–H and O–H groups in total. The Kier molecular flexibility index (Phi) is 52.8. The lowest BCUT2D eigenvalue weighted by molar-refractivity contribution is -0.167. The van der Waals surface area contributed by atoms with Crippen molar-refractivity contribution in [3.05, 3.63) is 48.6 Å². The van der Waals surface area contributed by atoms with Crippen molar-refractivity contribution in [1.29, 1.82) is 0 Å². The molecule has 0 amide bonds. The van der Waals surface area contributed by atoms with Gasteiger partial charge in [-0.1, -0.05) is 243 Å². The number of hydrogen-bond acceptors (Lipinski definition) is 6. The zero-order chi connectivity index (χ0) is 47.9. The van der Waals surface area contributed by atoms with Gasteiger partial charge in [0, 0.05) is 19.3 Å². The minimum absolute atomic E-state index is 0.0761. The third kappa shape index (κ3) is 52.3. The molecule has 1 unspecified atom stereocenters. The SMILES string of the molecule is CCCCCC/C=C\CCCCCCCC(=O)OC(COC(=O)CCCCCCCCCC/C=C\C/C=C\C/C=C\CCCCCCC)COC(=O)CCCCCCCCCCCCCC. The van der Waals surface area contributed by atoms with E-state index in [0.29, 0.717) is 19.3 Å². The lowest BCUT2D eigenvalue weighted by atomic mass is 10.0. The van der Waals surface area contributed by atoms with E-state index in [-0.39, 0.29) is 31.1 Å². The van der Waals surface area contributed by atoms with Crippen LogP contribution in [-0.2, 0) is 28.6 Å². The Balaban J connectivity index is 4.29. The van der Waals surface area contributed by atoms with Gasteiger partial charge >= 0.3 is 17.9 Å². The summed E-state index contributed by atoms with van der Waals surface area (Å²) < 4.78 is 16.8. The minimum atomic E-state index is -0.777. The monoisotopic (exact) mass is 925 g/mol. The highest BCUT2D eigenvalue weighted by atomic mass is 16.6. The summed E-state index contributed by atoms with van der Waals surface area (Å²) in [5, 5.41) is 0. The van der Waals surface area contributed by atoms with E-state index in [4.69, 9.17) is 14.2 Å². The molecule has 0 aromatic heterocycles. The van der Waals surface area contributed by atoms with Crippen LogP contribution in [0.2, 0.25) is 0 Å². The highest BCUT2D eigenvalue weighted by Gasteiger charge is 2.19. The zero-order valence-corrected chi connectivity index (χ0v) is 44.0. The largest absolute Gasteiger partial charge is 0.462 e. The Morgan fingerprint density at radius 3 is 0.879 bits per heavy atom. The number of rotatable bonds is 52. The fraction of sp³-hybridized carbons (Fsp3) is 0.817. The molecule has 0 aliphatic carbocycles. The molecule has 0 fully saturated rings. The Labute approximate surface area is 409 Å². The van der Waals surface area contributed by atoms with Crippen LogP contribution in [0.15, 0.2) is 48.6 Å². The minimum Gasteiger partial charge on any atom is -0.462 e. The summed E-state index contributed by atoms with van der Waals surface area (Å²) in [4.78, 5) is 38.1. The van der Waals surface area contributed by atoms with Crippen LogP contribution in [0.3, 0.4) is 0 Å². The van der Waals surface area contributed by atoms with Gasteiger partial charge in [-0.15, -0.1) is 0 Å². The average Bonchev–Trinajstić information content (AvgIpc) is 3.31. The molecule has 0 saturated carbocycles. The van der Waals surface area contributed by atoms with E-state index < -0.39 is 6.10 Å². The molecule has 6 heteroatoms. The summed E-state index contributed by atoms with van der Waals surface area (Å²) in [7, 11) is 0. The quantitative estimate of drug-likeness (QED) is 0.0262. The van der Waals surface area contributed by atoms with Crippen molar-refractivity contribution in [2.24, 2.45) is 0 Å². The molecule has 1 atom stereocenters. The Hall–Kier alpha value is -2.63. The van der Waals surface area contributed by atoms with Crippen LogP contribution in [0.4, 0.5) is 0 Å². The zero-order valence-electron chi connectivity index (χ0n) is 44.0. The first-order chi connectivity index (χ1) is 32.5. The van der Waals surface area contributed by atoms with Gasteiger partial charge in [0.2, 0.25) is 0 Å². The molecular weight excluding hydrogens is 817 g/mol.